The fourth-order valence-corrected chi connectivity index (χ4v) is 3.77. The number of aromatic nitrogens is 3. The number of non-ortho nitro benzene ring substituents is 1. The molecule has 12 heteroatoms. The van der Waals surface area contributed by atoms with Gasteiger partial charge >= 0.3 is 5.69 Å². The smallest absolute Gasteiger partial charge is 0.332 e. The van der Waals surface area contributed by atoms with Crippen LogP contribution in [0.1, 0.15) is 5.56 Å². The SMILES string of the molecule is O=C(Cn1c(=O)n(Cc2ccc3c(c2)OCO3)c(=O)c2ncccc21)Nc1ccc([N+](=O)[O-])cc1. The van der Waals surface area contributed by atoms with Gasteiger partial charge in [0.25, 0.3) is 11.2 Å². The van der Waals surface area contributed by atoms with E-state index in [9.17, 15) is 24.5 Å². The molecule has 0 saturated carbocycles. The molecule has 1 amide bonds. The molecule has 0 atom stereocenters. The Bertz CT molecular complexity index is 1590. The van der Waals surface area contributed by atoms with Crippen molar-refractivity contribution in [1.29, 1.82) is 0 Å². The van der Waals surface area contributed by atoms with Crippen LogP contribution in [0.5, 0.6) is 11.5 Å². The fourth-order valence-electron chi connectivity index (χ4n) is 3.77. The van der Waals surface area contributed by atoms with E-state index >= 15 is 0 Å². The molecule has 176 valence electrons. The van der Waals surface area contributed by atoms with Crippen LogP contribution >= 0.6 is 0 Å². The van der Waals surface area contributed by atoms with Gasteiger partial charge in [-0.25, -0.2) is 9.78 Å². The van der Waals surface area contributed by atoms with Crippen LogP contribution in [0.15, 0.2) is 70.4 Å². The van der Waals surface area contributed by atoms with E-state index < -0.39 is 28.6 Å². The van der Waals surface area contributed by atoms with Crippen LogP contribution in [-0.4, -0.2) is 31.7 Å². The first-order valence-corrected chi connectivity index (χ1v) is 10.4. The largest absolute Gasteiger partial charge is 0.454 e. The van der Waals surface area contributed by atoms with Crippen molar-refractivity contribution >= 4 is 28.3 Å². The molecule has 2 aromatic heterocycles. The second-order valence-corrected chi connectivity index (χ2v) is 7.67. The maximum absolute atomic E-state index is 13.3. The second-order valence-electron chi connectivity index (χ2n) is 7.67. The molecule has 35 heavy (non-hydrogen) atoms. The molecule has 0 spiro atoms. The molecule has 3 heterocycles. The Morgan fingerprint density at radius 1 is 1.06 bits per heavy atom. The maximum atomic E-state index is 13.3. The molecule has 1 aliphatic heterocycles. The van der Waals surface area contributed by atoms with Gasteiger partial charge in [-0.2, -0.15) is 0 Å². The molecule has 0 radical (unpaired) electrons. The first-order chi connectivity index (χ1) is 16.9. The lowest BCUT2D eigenvalue weighted by Crippen LogP contribution is -2.42. The first-order valence-electron chi connectivity index (χ1n) is 10.4. The summed E-state index contributed by atoms with van der Waals surface area (Å²) in [5.74, 6) is 0.526. The Hall–Kier alpha value is -5.00. The lowest BCUT2D eigenvalue weighted by atomic mass is 10.2. The van der Waals surface area contributed by atoms with Gasteiger partial charge in [-0.15, -0.1) is 0 Å². The molecule has 2 aromatic carbocycles. The zero-order valence-electron chi connectivity index (χ0n) is 18.0. The van der Waals surface area contributed by atoms with Crippen molar-refractivity contribution in [2.75, 3.05) is 12.1 Å². The normalized spacial score (nSPS) is 12.0. The number of nitro groups is 1. The molecule has 0 aliphatic carbocycles. The number of nitro benzene ring substituents is 1. The lowest BCUT2D eigenvalue weighted by molar-refractivity contribution is -0.384. The van der Waals surface area contributed by atoms with Gasteiger partial charge in [0.15, 0.2) is 17.0 Å². The molecular formula is C23H17N5O7. The Kier molecular flexibility index (Phi) is 5.45. The topological polar surface area (TPSA) is 148 Å². The van der Waals surface area contributed by atoms with E-state index in [4.69, 9.17) is 9.47 Å². The number of carbonyl (C=O) groups excluding carboxylic acids is 1. The molecule has 4 aromatic rings. The monoisotopic (exact) mass is 475 g/mol. The standard InChI is InChI=1S/C23H17N5O7/c29-20(25-15-4-6-16(7-5-15)28(32)33)12-26-17-2-1-9-24-21(17)22(30)27(23(26)31)11-14-3-8-18-19(10-14)35-13-34-18/h1-10H,11-13H2,(H,25,29). The minimum Gasteiger partial charge on any atom is -0.454 e. The number of rotatable bonds is 6. The van der Waals surface area contributed by atoms with Gasteiger partial charge in [-0.05, 0) is 42.0 Å². The van der Waals surface area contributed by atoms with E-state index in [-0.39, 0.29) is 30.1 Å². The van der Waals surface area contributed by atoms with Crippen molar-refractivity contribution in [3.63, 3.8) is 0 Å². The van der Waals surface area contributed by atoms with E-state index in [2.05, 4.69) is 10.3 Å². The third kappa shape index (κ3) is 4.19. The van der Waals surface area contributed by atoms with Crippen molar-refractivity contribution in [2.45, 2.75) is 13.1 Å². The highest BCUT2D eigenvalue weighted by Gasteiger charge is 2.18. The molecule has 12 nitrogen and oxygen atoms in total. The number of pyridine rings is 1. The summed E-state index contributed by atoms with van der Waals surface area (Å²) in [6, 6.07) is 13.5. The summed E-state index contributed by atoms with van der Waals surface area (Å²) in [5.41, 5.74) is -0.191. The van der Waals surface area contributed by atoms with E-state index in [0.717, 1.165) is 9.13 Å². The molecule has 0 bridgehead atoms. The molecule has 0 fully saturated rings. The van der Waals surface area contributed by atoms with Crippen LogP contribution in [0.25, 0.3) is 11.0 Å². The summed E-state index contributed by atoms with van der Waals surface area (Å²) in [7, 11) is 0. The van der Waals surface area contributed by atoms with Crippen molar-refractivity contribution < 1.29 is 19.2 Å². The number of ether oxygens (including phenoxy) is 2. The number of fused-ring (bicyclic) bond motifs is 2. The number of hydrogen-bond donors (Lipinski definition) is 1. The summed E-state index contributed by atoms with van der Waals surface area (Å²) in [4.78, 5) is 53.5. The number of hydrogen-bond acceptors (Lipinski definition) is 8. The zero-order valence-corrected chi connectivity index (χ0v) is 18.0. The van der Waals surface area contributed by atoms with Crippen molar-refractivity contribution in [3.8, 4) is 11.5 Å². The highest BCUT2D eigenvalue weighted by atomic mass is 16.7. The van der Waals surface area contributed by atoms with Gasteiger partial charge in [0.05, 0.1) is 17.0 Å². The van der Waals surface area contributed by atoms with E-state index in [1.807, 2.05) is 0 Å². The van der Waals surface area contributed by atoms with Gasteiger partial charge < -0.3 is 14.8 Å². The number of nitrogens with one attached hydrogen (secondary N) is 1. The highest BCUT2D eigenvalue weighted by Crippen LogP contribution is 2.32. The number of carbonyl (C=O) groups is 1. The Balaban J connectivity index is 1.49. The summed E-state index contributed by atoms with van der Waals surface area (Å²) in [5, 5.41) is 13.4. The van der Waals surface area contributed by atoms with Crippen LogP contribution < -0.4 is 26.0 Å². The number of amides is 1. The summed E-state index contributed by atoms with van der Waals surface area (Å²) in [6.45, 7) is -0.375. The summed E-state index contributed by atoms with van der Waals surface area (Å²) in [6.07, 6.45) is 1.43. The molecule has 5 rings (SSSR count). The Morgan fingerprint density at radius 2 is 1.83 bits per heavy atom. The average Bonchev–Trinajstić information content (AvgIpc) is 3.33. The van der Waals surface area contributed by atoms with Crippen LogP contribution in [0, 0.1) is 10.1 Å². The predicted octanol–water partition coefficient (Wildman–Crippen LogP) is 1.88. The van der Waals surface area contributed by atoms with E-state index in [1.54, 1.807) is 24.3 Å². The third-order valence-corrected chi connectivity index (χ3v) is 5.43. The molecule has 1 aliphatic rings. The number of benzene rings is 2. The average molecular weight is 475 g/mol. The molecule has 0 unspecified atom stereocenters. The Labute approximate surface area is 196 Å². The Morgan fingerprint density at radius 3 is 2.60 bits per heavy atom. The summed E-state index contributed by atoms with van der Waals surface area (Å²) < 4.78 is 12.8. The minimum atomic E-state index is -0.688. The van der Waals surface area contributed by atoms with Gasteiger partial charge in [0, 0.05) is 24.0 Å². The van der Waals surface area contributed by atoms with Crippen LogP contribution in [-0.2, 0) is 17.9 Å². The zero-order chi connectivity index (χ0) is 24.5. The first kappa shape index (κ1) is 21.8. The van der Waals surface area contributed by atoms with Crippen molar-refractivity contribution in [1.82, 2.24) is 14.1 Å². The van der Waals surface area contributed by atoms with Crippen LogP contribution in [0.4, 0.5) is 11.4 Å². The third-order valence-electron chi connectivity index (χ3n) is 5.43. The molecular weight excluding hydrogens is 458 g/mol. The van der Waals surface area contributed by atoms with E-state index in [1.165, 1.54) is 36.5 Å². The second kappa shape index (κ2) is 8.74. The van der Waals surface area contributed by atoms with Crippen molar-refractivity contribution in [2.24, 2.45) is 0 Å². The quantitative estimate of drug-likeness (QED) is 0.328. The number of nitrogens with zero attached hydrogens (tertiary/aromatic N) is 4. The van der Waals surface area contributed by atoms with Gasteiger partial charge in [0.1, 0.15) is 6.54 Å². The molecule has 0 saturated heterocycles. The predicted molar refractivity (Wildman–Crippen MR) is 124 cm³/mol. The van der Waals surface area contributed by atoms with E-state index in [0.29, 0.717) is 22.7 Å². The highest BCUT2D eigenvalue weighted by molar-refractivity contribution is 5.91. The fraction of sp³-hybridized carbons (Fsp3) is 0.130. The lowest BCUT2D eigenvalue weighted by Gasteiger charge is -2.14. The van der Waals surface area contributed by atoms with Crippen molar-refractivity contribution in [3.05, 3.63) is 97.3 Å². The van der Waals surface area contributed by atoms with Crippen LogP contribution in [0.3, 0.4) is 0 Å². The summed E-state index contributed by atoms with van der Waals surface area (Å²) >= 11 is 0. The minimum absolute atomic E-state index is 0.0379. The maximum Gasteiger partial charge on any atom is 0.332 e. The number of anilines is 1. The van der Waals surface area contributed by atoms with Crippen LogP contribution in [0.2, 0.25) is 0 Å². The van der Waals surface area contributed by atoms with Gasteiger partial charge in [0.2, 0.25) is 12.7 Å². The van der Waals surface area contributed by atoms with Gasteiger partial charge in [-0.1, -0.05) is 6.07 Å². The van der Waals surface area contributed by atoms with Gasteiger partial charge in [-0.3, -0.25) is 28.8 Å². The molecule has 1 N–H and O–H groups in total.